The van der Waals surface area contributed by atoms with Gasteiger partial charge in [-0.15, -0.1) is 0 Å². The molecular formula is C16H20O4. The summed E-state index contributed by atoms with van der Waals surface area (Å²) in [6, 6.07) is 5.73. The van der Waals surface area contributed by atoms with Gasteiger partial charge >= 0.3 is 5.97 Å². The van der Waals surface area contributed by atoms with E-state index < -0.39 is 5.97 Å². The van der Waals surface area contributed by atoms with Crippen LogP contribution in [0.15, 0.2) is 30.4 Å². The second-order valence-corrected chi connectivity index (χ2v) is 4.95. The van der Waals surface area contributed by atoms with Crippen LogP contribution in [0.3, 0.4) is 0 Å². The van der Waals surface area contributed by atoms with Crippen LogP contribution < -0.4 is 9.47 Å². The van der Waals surface area contributed by atoms with Crippen LogP contribution in [0.4, 0.5) is 0 Å². The van der Waals surface area contributed by atoms with E-state index in [0.717, 1.165) is 36.0 Å². The zero-order valence-electron chi connectivity index (χ0n) is 11.7. The molecule has 0 bridgehead atoms. The van der Waals surface area contributed by atoms with E-state index in [0.29, 0.717) is 6.42 Å². The number of ether oxygens (including phenoxy) is 2. The number of carboxylic acids is 1. The fourth-order valence-electron chi connectivity index (χ4n) is 2.42. The Morgan fingerprint density at radius 3 is 2.75 bits per heavy atom. The van der Waals surface area contributed by atoms with Crippen LogP contribution in [0.5, 0.6) is 11.5 Å². The Balaban J connectivity index is 2.08. The maximum atomic E-state index is 10.5. The number of allylic oxidation sites excluding steroid dienone is 1. The highest BCUT2D eigenvalue weighted by molar-refractivity contribution is 5.79. The molecule has 0 aromatic heterocycles. The van der Waals surface area contributed by atoms with Gasteiger partial charge in [0, 0.05) is 6.08 Å². The molecule has 0 unspecified atom stereocenters. The standard InChI is InChI=1S/C16H20O4/c1-19-14-10-9-12(5-4-8-16(17)18)11-15(14)20-13-6-2-3-7-13/h4,8-11,13H,2-3,5-7H2,1H3,(H,17,18)/b8-4+. The van der Waals surface area contributed by atoms with Gasteiger partial charge in [0.1, 0.15) is 0 Å². The van der Waals surface area contributed by atoms with E-state index in [1.54, 1.807) is 13.2 Å². The maximum absolute atomic E-state index is 10.5. The van der Waals surface area contributed by atoms with Gasteiger partial charge in [-0.05, 0) is 49.8 Å². The smallest absolute Gasteiger partial charge is 0.327 e. The molecule has 2 rings (SSSR count). The van der Waals surface area contributed by atoms with Crippen LogP contribution in [0.25, 0.3) is 0 Å². The summed E-state index contributed by atoms with van der Waals surface area (Å²) in [7, 11) is 1.63. The van der Waals surface area contributed by atoms with Crippen molar-refractivity contribution in [3.8, 4) is 11.5 Å². The molecule has 1 aromatic carbocycles. The minimum Gasteiger partial charge on any atom is -0.493 e. The van der Waals surface area contributed by atoms with Crippen LogP contribution >= 0.6 is 0 Å². The topological polar surface area (TPSA) is 55.8 Å². The molecule has 0 amide bonds. The molecule has 1 aromatic rings. The number of carbonyl (C=O) groups is 1. The number of carboxylic acid groups (broad SMARTS) is 1. The lowest BCUT2D eigenvalue weighted by atomic mass is 10.1. The van der Waals surface area contributed by atoms with Gasteiger partial charge in [-0.1, -0.05) is 12.1 Å². The Hall–Kier alpha value is -1.97. The fourth-order valence-corrected chi connectivity index (χ4v) is 2.42. The zero-order chi connectivity index (χ0) is 14.4. The average Bonchev–Trinajstić information content (AvgIpc) is 2.91. The molecule has 0 aliphatic heterocycles. The summed E-state index contributed by atoms with van der Waals surface area (Å²) in [5, 5.41) is 8.59. The predicted molar refractivity (Wildman–Crippen MR) is 76.4 cm³/mol. The van der Waals surface area contributed by atoms with Crippen LogP contribution in [0, 0.1) is 0 Å². The Morgan fingerprint density at radius 1 is 1.35 bits per heavy atom. The summed E-state index contributed by atoms with van der Waals surface area (Å²) in [6.45, 7) is 0. The summed E-state index contributed by atoms with van der Waals surface area (Å²) >= 11 is 0. The van der Waals surface area contributed by atoms with Crippen molar-refractivity contribution in [3.63, 3.8) is 0 Å². The number of methoxy groups -OCH3 is 1. The lowest BCUT2D eigenvalue weighted by Gasteiger charge is -2.16. The SMILES string of the molecule is COc1ccc(C/C=C/C(=O)O)cc1OC1CCCC1. The molecule has 1 aliphatic carbocycles. The molecule has 108 valence electrons. The monoisotopic (exact) mass is 276 g/mol. The van der Waals surface area contributed by atoms with E-state index >= 15 is 0 Å². The third-order valence-corrected chi connectivity index (χ3v) is 3.44. The maximum Gasteiger partial charge on any atom is 0.327 e. The largest absolute Gasteiger partial charge is 0.493 e. The quantitative estimate of drug-likeness (QED) is 0.811. The summed E-state index contributed by atoms with van der Waals surface area (Å²) in [5.41, 5.74) is 1.01. The van der Waals surface area contributed by atoms with E-state index in [-0.39, 0.29) is 6.10 Å². The van der Waals surface area contributed by atoms with E-state index in [9.17, 15) is 4.79 Å². The fraction of sp³-hybridized carbons (Fsp3) is 0.438. The molecule has 0 spiro atoms. The van der Waals surface area contributed by atoms with Gasteiger partial charge in [-0.25, -0.2) is 4.79 Å². The first-order valence-electron chi connectivity index (χ1n) is 6.92. The predicted octanol–water partition coefficient (Wildman–Crippen LogP) is 3.20. The van der Waals surface area contributed by atoms with Crippen molar-refractivity contribution in [1.29, 1.82) is 0 Å². The lowest BCUT2D eigenvalue weighted by molar-refractivity contribution is -0.131. The number of aliphatic carboxylic acids is 1. The number of hydrogen-bond donors (Lipinski definition) is 1. The van der Waals surface area contributed by atoms with Gasteiger partial charge in [0.2, 0.25) is 0 Å². The Kier molecular flexibility index (Phi) is 5.04. The van der Waals surface area contributed by atoms with E-state index in [4.69, 9.17) is 14.6 Å². The van der Waals surface area contributed by atoms with Crippen molar-refractivity contribution < 1.29 is 19.4 Å². The third kappa shape index (κ3) is 4.02. The van der Waals surface area contributed by atoms with Crippen LogP contribution in [-0.4, -0.2) is 24.3 Å². The molecule has 4 nitrogen and oxygen atoms in total. The zero-order valence-corrected chi connectivity index (χ0v) is 11.7. The van der Waals surface area contributed by atoms with Gasteiger partial charge < -0.3 is 14.6 Å². The Bertz CT molecular complexity index is 487. The highest BCUT2D eigenvalue weighted by Crippen LogP contribution is 2.32. The minimum absolute atomic E-state index is 0.272. The Morgan fingerprint density at radius 2 is 2.10 bits per heavy atom. The summed E-state index contributed by atoms with van der Waals surface area (Å²) in [4.78, 5) is 10.5. The molecule has 4 heteroatoms. The van der Waals surface area contributed by atoms with Crippen molar-refractivity contribution in [2.75, 3.05) is 7.11 Å². The first-order valence-corrected chi connectivity index (χ1v) is 6.92. The van der Waals surface area contributed by atoms with Crippen molar-refractivity contribution >= 4 is 5.97 Å². The second-order valence-electron chi connectivity index (χ2n) is 4.95. The van der Waals surface area contributed by atoms with Gasteiger partial charge in [0.25, 0.3) is 0 Å². The molecule has 1 saturated carbocycles. The number of hydrogen-bond acceptors (Lipinski definition) is 3. The van der Waals surface area contributed by atoms with Crippen LogP contribution in [0.1, 0.15) is 31.2 Å². The summed E-state index contributed by atoms with van der Waals surface area (Å²) in [5.74, 6) is 0.546. The highest BCUT2D eigenvalue weighted by Gasteiger charge is 2.18. The molecule has 0 radical (unpaired) electrons. The molecule has 1 aliphatic rings. The first-order chi connectivity index (χ1) is 9.69. The van der Waals surface area contributed by atoms with E-state index in [1.807, 2.05) is 18.2 Å². The lowest BCUT2D eigenvalue weighted by Crippen LogP contribution is -2.11. The third-order valence-electron chi connectivity index (χ3n) is 3.44. The number of benzene rings is 1. The van der Waals surface area contributed by atoms with Crippen molar-refractivity contribution in [2.24, 2.45) is 0 Å². The molecule has 0 heterocycles. The summed E-state index contributed by atoms with van der Waals surface area (Å²) < 4.78 is 11.3. The van der Waals surface area contributed by atoms with E-state index in [2.05, 4.69) is 0 Å². The molecule has 1 fully saturated rings. The van der Waals surface area contributed by atoms with Gasteiger partial charge in [-0.3, -0.25) is 0 Å². The Labute approximate surface area is 119 Å². The van der Waals surface area contributed by atoms with Gasteiger partial charge in [-0.2, -0.15) is 0 Å². The van der Waals surface area contributed by atoms with Crippen molar-refractivity contribution in [3.05, 3.63) is 35.9 Å². The normalized spacial score (nSPS) is 15.7. The van der Waals surface area contributed by atoms with Crippen molar-refractivity contribution in [1.82, 2.24) is 0 Å². The van der Waals surface area contributed by atoms with Crippen LogP contribution in [-0.2, 0) is 11.2 Å². The molecule has 0 atom stereocenters. The summed E-state index contributed by atoms with van der Waals surface area (Å²) in [6.07, 6.45) is 8.23. The molecular weight excluding hydrogens is 256 g/mol. The average molecular weight is 276 g/mol. The van der Waals surface area contributed by atoms with E-state index in [1.165, 1.54) is 12.8 Å². The highest BCUT2D eigenvalue weighted by atomic mass is 16.5. The van der Waals surface area contributed by atoms with Crippen LogP contribution in [0.2, 0.25) is 0 Å². The number of rotatable bonds is 6. The van der Waals surface area contributed by atoms with Gasteiger partial charge in [0.15, 0.2) is 11.5 Å². The molecule has 0 saturated heterocycles. The first kappa shape index (κ1) is 14.4. The molecule has 1 N–H and O–H groups in total. The van der Waals surface area contributed by atoms with Gasteiger partial charge in [0.05, 0.1) is 13.2 Å². The van der Waals surface area contributed by atoms with Crippen molar-refractivity contribution in [2.45, 2.75) is 38.2 Å². The second kappa shape index (κ2) is 6.98. The molecule has 20 heavy (non-hydrogen) atoms. The minimum atomic E-state index is -0.930.